The SMILES string of the molecule is Cc1cc(C(=O)N2CC(O)C2)c2ccc(Br)cc2n1. The molecule has 2 heterocycles. The van der Waals surface area contributed by atoms with Crippen LogP contribution < -0.4 is 0 Å². The van der Waals surface area contributed by atoms with Gasteiger partial charge in [0, 0.05) is 28.6 Å². The van der Waals surface area contributed by atoms with Gasteiger partial charge < -0.3 is 10.0 Å². The number of aliphatic hydroxyl groups excluding tert-OH is 1. The molecule has 0 spiro atoms. The van der Waals surface area contributed by atoms with Crippen LogP contribution in [0.25, 0.3) is 10.9 Å². The number of carbonyl (C=O) groups is 1. The number of carbonyl (C=O) groups excluding carboxylic acids is 1. The minimum Gasteiger partial charge on any atom is -0.389 e. The normalized spacial score (nSPS) is 15.6. The average Bonchev–Trinajstić information content (AvgIpc) is 2.32. The van der Waals surface area contributed by atoms with Crippen LogP contribution in [0.5, 0.6) is 0 Å². The first-order chi connectivity index (χ1) is 9.04. The number of aromatic nitrogens is 1. The van der Waals surface area contributed by atoms with E-state index >= 15 is 0 Å². The zero-order valence-electron chi connectivity index (χ0n) is 10.4. The molecule has 1 fully saturated rings. The Morgan fingerprint density at radius 2 is 2.16 bits per heavy atom. The van der Waals surface area contributed by atoms with Gasteiger partial charge in [0.1, 0.15) is 0 Å². The largest absolute Gasteiger partial charge is 0.389 e. The van der Waals surface area contributed by atoms with Crippen molar-refractivity contribution in [3.8, 4) is 0 Å². The summed E-state index contributed by atoms with van der Waals surface area (Å²) in [6, 6.07) is 7.52. The van der Waals surface area contributed by atoms with Crippen LogP contribution in [-0.2, 0) is 0 Å². The molecular weight excluding hydrogens is 308 g/mol. The highest BCUT2D eigenvalue weighted by Gasteiger charge is 2.30. The van der Waals surface area contributed by atoms with Crippen LogP contribution in [-0.4, -0.2) is 40.1 Å². The minimum absolute atomic E-state index is 0.0388. The van der Waals surface area contributed by atoms with Gasteiger partial charge in [-0.2, -0.15) is 0 Å². The number of nitrogens with zero attached hydrogens (tertiary/aromatic N) is 2. The third-order valence-corrected chi connectivity index (χ3v) is 3.77. The Balaban J connectivity index is 2.09. The van der Waals surface area contributed by atoms with Crippen LogP contribution in [0.4, 0.5) is 0 Å². The van der Waals surface area contributed by atoms with E-state index in [-0.39, 0.29) is 12.0 Å². The fraction of sp³-hybridized carbons (Fsp3) is 0.286. The molecule has 0 unspecified atom stereocenters. The summed E-state index contributed by atoms with van der Waals surface area (Å²) in [5, 5.41) is 10.2. The molecule has 0 atom stereocenters. The second-order valence-electron chi connectivity index (χ2n) is 4.84. The highest BCUT2D eigenvalue weighted by molar-refractivity contribution is 9.10. The maximum atomic E-state index is 12.4. The summed E-state index contributed by atoms with van der Waals surface area (Å²) in [5.74, 6) is -0.0388. The number of hydrogen-bond acceptors (Lipinski definition) is 3. The summed E-state index contributed by atoms with van der Waals surface area (Å²) in [6.07, 6.45) is -0.382. The van der Waals surface area contributed by atoms with Crippen LogP contribution in [0.15, 0.2) is 28.7 Å². The maximum absolute atomic E-state index is 12.4. The predicted octanol–water partition coefficient (Wildman–Crippen LogP) is 2.12. The molecule has 1 amide bonds. The number of halogens is 1. The Kier molecular flexibility index (Phi) is 3.03. The summed E-state index contributed by atoms with van der Waals surface area (Å²) < 4.78 is 0.941. The third-order valence-electron chi connectivity index (χ3n) is 3.28. The molecule has 1 aromatic heterocycles. The van der Waals surface area contributed by atoms with Crippen molar-refractivity contribution in [2.75, 3.05) is 13.1 Å². The minimum atomic E-state index is -0.382. The van der Waals surface area contributed by atoms with Crippen molar-refractivity contribution in [3.05, 3.63) is 40.0 Å². The Bertz CT molecular complexity index is 661. The number of aryl methyl sites for hydroxylation is 1. The lowest BCUT2D eigenvalue weighted by Crippen LogP contribution is -2.53. The number of likely N-dealkylation sites (tertiary alicyclic amines) is 1. The van der Waals surface area contributed by atoms with E-state index < -0.39 is 0 Å². The molecule has 0 aliphatic carbocycles. The van der Waals surface area contributed by atoms with Gasteiger partial charge >= 0.3 is 0 Å². The molecule has 1 saturated heterocycles. The second-order valence-corrected chi connectivity index (χ2v) is 5.75. The number of β-amino-alcohol motifs (C(OH)–C–C–N with tert-alkyl or cyclic N) is 1. The van der Waals surface area contributed by atoms with Crippen molar-refractivity contribution in [1.82, 2.24) is 9.88 Å². The monoisotopic (exact) mass is 320 g/mol. The molecule has 1 aliphatic rings. The van der Waals surface area contributed by atoms with Crippen LogP contribution in [0.3, 0.4) is 0 Å². The molecule has 0 saturated carbocycles. The van der Waals surface area contributed by atoms with Gasteiger partial charge in [0.15, 0.2) is 0 Å². The van der Waals surface area contributed by atoms with E-state index in [0.29, 0.717) is 18.7 Å². The Hall–Kier alpha value is -1.46. The molecule has 3 rings (SSSR count). The molecule has 0 radical (unpaired) electrons. The average molecular weight is 321 g/mol. The van der Waals surface area contributed by atoms with Crippen LogP contribution in [0.2, 0.25) is 0 Å². The molecule has 0 bridgehead atoms. The fourth-order valence-corrected chi connectivity index (χ4v) is 2.65. The molecule has 5 heteroatoms. The number of hydrogen-bond donors (Lipinski definition) is 1. The molecule has 1 aromatic carbocycles. The van der Waals surface area contributed by atoms with Crippen molar-refractivity contribution >= 4 is 32.7 Å². The van der Waals surface area contributed by atoms with E-state index in [1.807, 2.05) is 31.2 Å². The van der Waals surface area contributed by atoms with E-state index in [1.165, 1.54) is 0 Å². The van der Waals surface area contributed by atoms with Crippen LogP contribution in [0.1, 0.15) is 16.1 Å². The highest BCUT2D eigenvalue weighted by atomic mass is 79.9. The zero-order valence-corrected chi connectivity index (χ0v) is 12.0. The Labute approximate surface area is 119 Å². The lowest BCUT2D eigenvalue weighted by atomic mass is 10.0. The van der Waals surface area contributed by atoms with Gasteiger partial charge in [-0.1, -0.05) is 22.0 Å². The van der Waals surface area contributed by atoms with Crippen molar-refractivity contribution in [1.29, 1.82) is 0 Å². The summed E-state index contributed by atoms with van der Waals surface area (Å²) in [4.78, 5) is 18.5. The number of pyridine rings is 1. The predicted molar refractivity (Wildman–Crippen MR) is 76.1 cm³/mol. The van der Waals surface area contributed by atoms with E-state index in [9.17, 15) is 9.90 Å². The molecule has 1 aliphatic heterocycles. The van der Waals surface area contributed by atoms with E-state index in [0.717, 1.165) is 21.1 Å². The topological polar surface area (TPSA) is 53.4 Å². The first kappa shape index (κ1) is 12.6. The lowest BCUT2D eigenvalue weighted by Gasteiger charge is -2.36. The summed E-state index contributed by atoms with van der Waals surface area (Å²) in [6.45, 7) is 2.71. The van der Waals surface area contributed by atoms with Crippen LogP contribution >= 0.6 is 15.9 Å². The summed E-state index contributed by atoms with van der Waals surface area (Å²) in [7, 11) is 0. The van der Waals surface area contributed by atoms with Gasteiger partial charge in [-0.25, -0.2) is 0 Å². The fourth-order valence-electron chi connectivity index (χ4n) is 2.30. The Morgan fingerprint density at radius 3 is 2.84 bits per heavy atom. The molecule has 19 heavy (non-hydrogen) atoms. The number of amides is 1. The molecule has 4 nitrogen and oxygen atoms in total. The van der Waals surface area contributed by atoms with E-state index in [4.69, 9.17) is 0 Å². The maximum Gasteiger partial charge on any atom is 0.254 e. The summed E-state index contributed by atoms with van der Waals surface area (Å²) in [5.41, 5.74) is 2.27. The lowest BCUT2D eigenvalue weighted by molar-refractivity contribution is 0.00602. The van der Waals surface area contributed by atoms with Crippen molar-refractivity contribution in [3.63, 3.8) is 0 Å². The molecule has 98 valence electrons. The van der Waals surface area contributed by atoms with E-state index in [2.05, 4.69) is 20.9 Å². The third kappa shape index (κ3) is 2.24. The Morgan fingerprint density at radius 1 is 1.42 bits per heavy atom. The number of benzene rings is 1. The van der Waals surface area contributed by atoms with Crippen molar-refractivity contribution < 1.29 is 9.90 Å². The van der Waals surface area contributed by atoms with Gasteiger partial charge in [0.2, 0.25) is 0 Å². The quantitative estimate of drug-likeness (QED) is 0.875. The second kappa shape index (κ2) is 4.58. The molecular formula is C14H13BrN2O2. The first-order valence-electron chi connectivity index (χ1n) is 6.09. The van der Waals surface area contributed by atoms with Crippen LogP contribution in [0, 0.1) is 6.92 Å². The van der Waals surface area contributed by atoms with Gasteiger partial charge in [0.25, 0.3) is 5.91 Å². The van der Waals surface area contributed by atoms with Gasteiger partial charge in [-0.15, -0.1) is 0 Å². The van der Waals surface area contributed by atoms with Gasteiger partial charge in [-0.3, -0.25) is 9.78 Å². The zero-order chi connectivity index (χ0) is 13.6. The number of rotatable bonds is 1. The van der Waals surface area contributed by atoms with Crippen molar-refractivity contribution in [2.45, 2.75) is 13.0 Å². The van der Waals surface area contributed by atoms with Gasteiger partial charge in [-0.05, 0) is 25.1 Å². The number of aliphatic hydroxyl groups is 1. The smallest absolute Gasteiger partial charge is 0.254 e. The van der Waals surface area contributed by atoms with Gasteiger partial charge in [0.05, 0.1) is 17.2 Å². The molecule has 1 N–H and O–H groups in total. The first-order valence-corrected chi connectivity index (χ1v) is 6.88. The summed E-state index contributed by atoms with van der Waals surface area (Å²) >= 11 is 3.41. The molecule has 2 aromatic rings. The standard InChI is InChI=1S/C14H13BrN2O2/c1-8-4-12(14(19)17-6-10(18)7-17)11-3-2-9(15)5-13(11)16-8/h2-5,10,18H,6-7H2,1H3. The highest BCUT2D eigenvalue weighted by Crippen LogP contribution is 2.24. The number of fused-ring (bicyclic) bond motifs is 1. The van der Waals surface area contributed by atoms with E-state index in [1.54, 1.807) is 4.90 Å². The van der Waals surface area contributed by atoms with Crippen molar-refractivity contribution in [2.24, 2.45) is 0 Å².